The lowest BCUT2D eigenvalue weighted by Gasteiger charge is -2.27. The van der Waals surface area contributed by atoms with E-state index in [2.05, 4.69) is 33.0 Å². The van der Waals surface area contributed by atoms with Crippen molar-refractivity contribution in [3.63, 3.8) is 0 Å². The van der Waals surface area contributed by atoms with Gasteiger partial charge < -0.3 is 10.1 Å². The van der Waals surface area contributed by atoms with Crippen molar-refractivity contribution in [2.75, 3.05) is 7.11 Å². The highest BCUT2D eigenvalue weighted by molar-refractivity contribution is 5.76. The van der Waals surface area contributed by atoms with Crippen LogP contribution in [-0.4, -0.2) is 13.0 Å². The van der Waals surface area contributed by atoms with Crippen LogP contribution in [0.15, 0.2) is 18.2 Å². The van der Waals surface area contributed by atoms with Crippen molar-refractivity contribution in [1.29, 1.82) is 0 Å². The lowest BCUT2D eigenvalue weighted by molar-refractivity contribution is -0.123. The molecule has 0 fully saturated rings. The average molecular weight is 295 g/mol. The standard InChI is InChI=1S/C17H26FNO2/c1-11(17(3,4)5)9-16(20)19-12(2)13-7-8-15(21-6)14(18)10-13/h7-8,10-12H,9H2,1-6H3,(H,19,20). The molecule has 1 rings (SSSR count). The van der Waals surface area contributed by atoms with E-state index in [1.54, 1.807) is 12.1 Å². The molecule has 21 heavy (non-hydrogen) atoms. The van der Waals surface area contributed by atoms with Crippen LogP contribution in [0.2, 0.25) is 0 Å². The van der Waals surface area contributed by atoms with Gasteiger partial charge in [0.25, 0.3) is 0 Å². The maximum Gasteiger partial charge on any atom is 0.220 e. The van der Waals surface area contributed by atoms with Crippen molar-refractivity contribution >= 4 is 5.91 Å². The Bertz CT molecular complexity index is 494. The topological polar surface area (TPSA) is 38.3 Å². The Hall–Kier alpha value is -1.58. The summed E-state index contributed by atoms with van der Waals surface area (Å²) >= 11 is 0. The summed E-state index contributed by atoms with van der Waals surface area (Å²) in [6.07, 6.45) is 0.465. The summed E-state index contributed by atoms with van der Waals surface area (Å²) < 4.78 is 18.6. The molecule has 2 atom stereocenters. The van der Waals surface area contributed by atoms with Gasteiger partial charge in [0.2, 0.25) is 5.91 Å². The summed E-state index contributed by atoms with van der Waals surface area (Å²) in [5.41, 5.74) is 0.817. The van der Waals surface area contributed by atoms with Gasteiger partial charge in [-0.05, 0) is 36.0 Å². The van der Waals surface area contributed by atoms with Crippen molar-refractivity contribution < 1.29 is 13.9 Å². The third-order valence-corrected chi connectivity index (χ3v) is 4.02. The first-order valence-corrected chi connectivity index (χ1v) is 7.28. The Labute approximate surface area is 126 Å². The maximum atomic E-state index is 13.7. The number of benzene rings is 1. The minimum absolute atomic E-state index is 0.0128. The number of amides is 1. The second-order valence-electron chi connectivity index (χ2n) is 6.65. The van der Waals surface area contributed by atoms with E-state index >= 15 is 0 Å². The van der Waals surface area contributed by atoms with E-state index < -0.39 is 5.82 Å². The molecule has 0 radical (unpaired) electrons. The second-order valence-corrected chi connectivity index (χ2v) is 6.65. The normalized spacial score (nSPS) is 14.4. The number of carbonyl (C=O) groups is 1. The Morgan fingerprint density at radius 3 is 2.43 bits per heavy atom. The van der Waals surface area contributed by atoms with Crippen LogP contribution >= 0.6 is 0 Å². The van der Waals surface area contributed by atoms with Gasteiger partial charge in [-0.1, -0.05) is 33.8 Å². The Balaban J connectivity index is 2.66. The minimum Gasteiger partial charge on any atom is -0.494 e. The summed E-state index contributed by atoms with van der Waals surface area (Å²) in [7, 11) is 1.43. The predicted octanol–water partition coefficient (Wildman–Crippen LogP) is 4.08. The molecule has 0 saturated carbocycles. The first-order valence-electron chi connectivity index (χ1n) is 7.28. The van der Waals surface area contributed by atoms with Gasteiger partial charge in [-0.3, -0.25) is 4.79 Å². The molecular formula is C17H26FNO2. The predicted molar refractivity (Wildman–Crippen MR) is 82.7 cm³/mol. The number of hydrogen-bond acceptors (Lipinski definition) is 2. The molecule has 1 N–H and O–H groups in total. The molecule has 4 heteroatoms. The van der Waals surface area contributed by atoms with Crippen molar-refractivity contribution in [3.8, 4) is 5.75 Å². The van der Waals surface area contributed by atoms with E-state index in [-0.39, 0.29) is 29.0 Å². The number of nitrogens with one attached hydrogen (secondary N) is 1. The summed E-state index contributed by atoms with van der Waals surface area (Å²) in [6, 6.07) is 4.51. The van der Waals surface area contributed by atoms with E-state index in [0.717, 1.165) is 5.56 Å². The van der Waals surface area contributed by atoms with Gasteiger partial charge in [0.05, 0.1) is 13.2 Å². The maximum absolute atomic E-state index is 13.7. The monoisotopic (exact) mass is 295 g/mol. The van der Waals surface area contributed by atoms with Crippen LogP contribution in [0.5, 0.6) is 5.75 Å². The van der Waals surface area contributed by atoms with Gasteiger partial charge >= 0.3 is 0 Å². The second kappa shape index (κ2) is 6.92. The third-order valence-electron chi connectivity index (χ3n) is 4.02. The molecule has 0 aliphatic heterocycles. The molecule has 2 unspecified atom stereocenters. The van der Waals surface area contributed by atoms with Gasteiger partial charge in [0.15, 0.2) is 11.6 Å². The zero-order chi connectivity index (χ0) is 16.2. The van der Waals surface area contributed by atoms with Crippen molar-refractivity contribution in [2.45, 2.75) is 47.1 Å². The fourth-order valence-electron chi connectivity index (χ4n) is 1.92. The summed E-state index contributed by atoms with van der Waals surface area (Å²) in [6.45, 7) is 10.3. The highest BCUT2D eigenvalue weighted by atomic mass is 19.1. The van der Waals surface area contributed by atoms with Gasteiger partial charge in [-0.15, -0.1) is 0 Å². The van der Waals surface area contributed by atoms with Crippen molar-refractivity contribution in [1.82, 2.24) is 5.32 Å². The first-order chi connectivity index (χ1) is 9.65. The lowest BCUT2D eigenvalue weighted by Crippen LogP contribution is -2.31. The number of halogens is 1. The molecule has 0 aliphatic rings. The van der Waals surface area contributed by atoms with E-state index in [0.29, 0.717) is 6.42 Å². The van der Waals surface area contributed by atoms with Crippen LogP contribution in [0.4, 0.5) is 4.39 Å². The quantitative estimate of drug-likeness (QED) is 0.888. The molecular weight excluding hydrogens is 269 g/mol. The van der Waals surface area contributed by atoms with Crippen LogP contribution in [0.3, 0.4) is 0 Å². The Morgan fingerprint density at radius 2 is 1.95 bits per heavy atom. The van der Waals surface area contributed by atoms with E-state index in [1.165, 1.54) is 13.2 Å². The molecule has 0 heterocycles. The van der Waals surface area contributed by atoms with Crippen LogP contribution in [0.1, 0.15) is 52.6 Å². The van der Waals surface area contributed by atoms with E-state index in [9.17, 15) is 9.18 Å². The zero-order valence-electron chi connectivity index (χ0n) is 13.8. The molecule has 0 bridgehead atoms. The molecule has 0 saturated heterocycles. The number of hydrogen-bond donors (Lipinski definition) is 1. The number of methoxy groups -OCH3 is 1. The molecule has 118 valence electrons. The van der Waals surface area contributed by atoms with Crippen molar-refractivity contribution in [3.05, 3.63) is 29.6 Å². The SMILES string of the molecule is COc1ccc(C(C)NC(=O)CC(C)C(C)(C)C)cc1F. The number of carbonyl (C=O) groups excluding carboxylic acids is 1. The smallest absolute Gasteiger partial charge is 0.220 e. The lowest BCUT2D eigenvalue weighted by atomic mass is 9.80. The molecule has 0 aromatic heterocycles. The first kappa shape index (κ1) is 17.5. The molecule has 0 spiro atoms. The van der Waals surface area contributed by atoms with Crippen LogP contribution < -0.4 is 10.1 Å². The van der Waals surface area contributed by atoms with Gasteiger partial charge in [-0.2, -0.15) is 0 Å². The minimum atomic E-state index is -0.417. The summed E-state index contributed by atoms with van der Waals surface area (Å²) in [5, 5.41) is 2.92. The molecule has 1 amide bonds. The summed E-state index contributed by atoms with van der Waals surface area (Å²) in [5.74, 6) is 0.0521. The number of rotatable bonds is 5. The van der Waals surface area contributed by atoms with Crippen molar-refractivity contribution in [2.24, 2.45) is 11.3 Å². The summed E-state index contributed by atoms with van der Waals surface area (Å²) in [4.78, 5) is 12.1. The Kier molecular flexibility index (Phi) is 5.76. The highest BCUT2D eigenvalue weighted by Crippen LogP contribution is 2.28. The average Bonchev–Trinajstić information content (AvgIpc) is 2.37. The third kappa shape index (κ3) is 5.03. The molecule has 0 aliphatic carbocycles. The molecule has 1 aromatic carbocycles. The Morgan fingerprint density at radius 1 is 1.33 bits per heavy atom. The van der Waals surface area contributed by atoms with Gasteiger partial charge in [-0.25, -0.2) is 4.39 Å². The van der Waals surface area contributed by atoms with Gasteiger partial charge in [0, 0.05) is 6.42 Å². The van der Waals surface area contributed by atoms with Crippen LogP contribution in [0.25, 0.3) is 0 Å². The molecule has 3 nitrogen and oxygen atoms in total. The molecule has 1 aromatic rings. The van der Waals surface area contributed by atoms with Gasteiger partial charge in [0.1, 0.15) is 0 Å². The van der Waals surface area contributed by atoms with Crippen LogP contribution in [0, 0.1) is 17.2 Å². The largest absolute Gasteiger partial charge is 0.494 e. The highest BCUT2D eigenvalue weighted by Gasteiger charge is 2.23. The van der Waals surface area contributed by atoms with E-state index in [4.69, 9.17) is 4.74 Å². The number of ether oxygens (including phenoxy) is 1. The fourth-order valence-corrected chi connectivity index (χ4v) is 1.92. The fraction of sp³-hybridized carbons (Fsp3) is 0.588. The van der Waals surface area contributed by atoms with E-state index in [1.807, 2.05) is 6.92 Å². The van der Waals surface area contributed by atoms with Crippen LogP contribution in [-0.2, 0) is 4.79 Å². The zero-order valence-corrected chi connectivity index (χ0v) is 13.8.